The molecule has 144 valence electrons. The Morgan fingerprint density at radius 2 is 1.48 bits per heavy atom. The first-order valence-electron chi connectivity index (χ1n) is 8.90. The molecule has 5 nitrogen and oxygen atoms in total. The molecule has 0 aliphatic carbocycles. The molecular weight excluding hydrogens is 349 g/mol. The van der Waals surface area contributed by atoms with Gasteiger partial charge >= 0.3 is 0 Å². The number of ether oxygens (including phenoxy) is 3. The average Bonchev–Trinajstić information content (AvgIpc) is 2.71. The third kappa shape index (κ3) is 5.13. The van der Waals surface area contributed by atoms with Gasteiger partial charge in [0.25, 0.3) is 0 Å². The van der Waals surface area contributed by atoms with Gasteiger partial charge in [-0.3, -0.25) is 0 Å². The molecule has 1 aliphatic rings. The minimum atomic E-state index is -1.53. The van der Waals surface area contributed by atoms with Crippen molar-refractivity contribution in [3.8, 4) is 0 Å². The normalized spacial score (nSPS) is 26.9. The molecule has 1 aliphatic heterocycles. The maximum absolute atomic E-state index is 15.2. The molecule has 3 rings (SSSR count). The van der Waals surface area contributed by atoms with E-state index in [1.807, 2.05) is 60.7 Å². The van der Waals surface area contributed by atoms with Gasteiger partial charge in [0.2, 0.25) is 0 Å². The number of rotatable bonds is 7. The van der Waals surface area contributed by atoms with E-state index in [9.17, 15) is 0 Å². The van der Waals surface area contributed by atoms with Gasteiger partial charge in [0.1, 0.15) is 25.0 Å². The van der Waals surface area contributed by atoms with Crippen molar-refractivity contribution in [2.75, 3.05) is 7.11 Å². The van der Waals surface area contributed by atoms with Crippen LogP contribution in [-0.2, 0) is 32.3 Å². The molecule has 1 fully saturated rings. The van der Waals surface area contributed by atoms with Crippen molar-refractivity contribution in [1.29, 1.82) is 0 Å². The zero-order chi connectivity index (χ0) is 19.1. The number of alkyl halides is 1. The van der Waals surface area contributed by atoms with Crippen molar-refractivity contribution in [2.24, 2.45) is 5.16 Å². The Morgan fingerprint density at radius 1 is 0.926 bits per heavy atom. The second kappa shape index (κ2) is 9.60. The summed E-state index contributed by atoms with van der Waals surface area (Å²) in [6.07, 6.45) is -3.97. The highest BCUT2D eigenvalue weighted by Crippen LogP contribution is 2.26. The topological polar surface area (TPSA) is 49.3 Å². The van der Waals surface area contributed by atoms with Crippen LogP contribution in [0.25, 0.3) is 0 Å². The summed E-state index contributed by atoms with van der Waals surface area (Å²) in [7, 11) is 1.42. The SMILES string of the molecule is CON=C1[C@H](C)O[C@H](OCc2ccccc2)[C@H](F)[C@@H]1OCc1ccccc1. The zero-order valence-corrected chi connectivity index (χ0v) is 15.5. The van der Waals surface area contributed by atoms with Crippen molar-refractivity contribution in [3.05, 3.63) is 71.8 Å². The Bertz CT molecular complexity index is 725. The number of hydrogen-bond acceptors (Lipinski definition) is 5. The predicted molar refractivity (Wildman–Crippen MR) is 99.9 cm³/mol. The van der Waals surface area contributed by atoms with E-state index >= 15 is 4.39 Å². The van der Waals surface area contributed by atoms with Crippen LogP contribution >= 0.6 is 0 Å². The number of halogens is 1. The molecule has 4 atom stereocenters. The number of nitrogens with zero attached hydrogens (tertiary/aromatic N) is 1. The lowest BCUT2D eigenvalue weighted by Crippen LogP contribution is -2.54. The van der Waals surface area contributed by atoms with Gasteiger partial charge in [0, 0.05) is 0 Å². The lowest BCUT2D eigenvalue weighted by atomic mass is 10.0. The largest absolute Gasteiger partial charge is 0.399 e. The van der Waals surface area contributed by atoms with Crippen molar-refractivity contribution in [2.45, 2.75) is 44.8 Å². The van der Waals surface area contributed by atoms with E-state index in [0.29, 0.717) is 5.71 Å². The highest BCUT2D eigenvalue weighted by Gasteiger charge is 2.44. The maximum Gasteiger partial charge on any atom is 0.192 e. The van der Waals surface area contributed by atoms with Crippen LogP contribution in [0, 0.1) is 0 Å². The van der Waals surface area contributed by atoms with Crippen molar-refractivity contribution in [1.82, 2.24) is 0 Å². The molecule has 2 aromatic rings. The van der Waals surface area contributed by atoms with E-state index in [2.05, 4.69) is 5.16 Å². The Balaban J connectivity index is 1.69. The van der Waals surface area contributed by atoms with E-state index in [1.54, 1.807) is 6.92 Å². The molecule has 0 bridgehead atoms. The van der Waals surface area contributed by atoms with Gasteiger partial charge in [-0.25, -0.2) is 4.39 Å². The summed E-state index contributed by atoms with van der Waals surface area (Å²) in [5.41, 5.74) is 2.27. The summed E-state index contributed by atoms with van der Waals surface area (Å²) in [5, 5.41) is 3.93. The Morgan fingerprint density at radius 3 is 2.04 bits per heavy atom. The average molecular weight is 373 g/mol. The lowest BCUT2D eigenvalue weighted by molar-refractivity contribution is -0.223. The fourth-order valence-corrected chi connectivity index (χ4v) is 2.94. The Hall–Kier alpha value is -2.28. The predicted octanol–water partition coefficient (Wildman–Crippen LogP) is 3.87. The van der Waals surface area contributed by atoms with Crippen LogP contribution in [0.3, 0.4) is 0 Å². The summed E-state index contributed by atoms with van der Waals surface area (Å²) in [6, 6.07) is 19.2. The molecule has 0 saturated carbocycles. The van der Waals surface area contributed by atoms with E-state index in [0.717, 1.165) is 11.1 Å². The van der Waals surface area contributed by atoms with E-state index in [1.165, 1.54) is 7.11 Å². The first-order chi connectivity index (χ1) is 13.2. The van der Waals surface area contributed by atoms with Gasteiger partial charge in [-0.05, 0) is 18.1 Å². The zero-order valence-electron chi connectivity index (χ0n) is 15.5. The molecule has 0 amide bonds. The molecule has 0 radical (unpaired) electrons. The molecule has 6 heteroatoms. The third-order valence-electron chi connectivity index (χ3n) is 4.32. The smallest absolute Gasteiger partial charge is 0.192 e. The monoisotopic (exact) mass is 373 g/mol. The minimum Gasteiger partial charge on any atom is -0.399 e. The third-order valence-corrected chi connectivity index (χ3v) is 4.32. The fraction of sp³-hybridized carbons (Fsp3) is 0.381. The van der Waals surface area contributed by atoms with Crippen LogP contribution in [0.2, 0.25) is 0 Å². The number of hydrogen-bond donors (Lipinski definition) is 0. The Labute approximate surface area is 158 Å². The molecule has 27 heavy (non-hydrogen) atoms. The first kappa shape index (κ1) is 19.5. The summed E-state index contributed by atoms with van der Waals surface area (Å²) in [5.74, 6) is 0. The van der Waals surface area contributed by atoms with E-state index in [-0.39, 0.29) is 13.2 Å². The van der Waals surface area contributed by atoms with Crippen molar-refractivity contribution < 1.29 is 23.4 Å². The Kier molecular flexibility index (Phi) is 6.92. The van der Waals surface area contributed by atoms with Crippen molar-refractivity contribution in [3.63, 3.8) is 0 Å². The van der Waals surface area contributed by atoms with Crippen LogP contribution in [0.15, 0.2) is 65.8 Å². The molecule has 1 heterocycles. The molecular formula is C21H24FNO4. The molecule has 0 spiro atoms. The minimum absolute atomic E-state index is 0.251. The van der Waals surface area contributed by atoms with Gasteiger partial charge in [0.05, 0.1) is 13.2 Å². The molecule has 0 N–H and O–H groups in total. The highest BCUT2D eigenvalue weighted by atomic mass is 19.1. The van der Waals surface area contributed by atoms with Gasteiger partial charge in [-0.15, -0.1) is 0 Å². The number of oxime groups is 1. The fourth-order valence-electron chi connectivity index (χ4n) is 2.94. The summed E-state index contributed by atoms with van der Waals surface area (Å²) < 4.78 is 32.4. The van der Waals surface area contributed by atoms with Crippen LogP contribution in [-0.4, -0.2) is 37.5 Å². The number of benzene rings is 2. The highest BCUT2D eigenvalue weighted by molar-refractivity contribution is 5.93. The molecule has 0 unspecified atom stereocenters. The van der Waals surface area contributed by atoms with Crippen LogP contribution in [0.4, 0.5) is 4.39 Å². The van der Waals surface area contributed by atoms with Crippen LogP contribution in [0.1, 0.15) is 18.1 Å². The molecule has 1 saturated heterocycles. The van der Waals surface area contributed by atoms with E-state index in [4.69, 9.17) is 19.0 Å². The first-order valence-corrected chi connectivity index (χ1v) is 8.90. The van der Waals surface area contributed by atoms with Gasteiger partial charge in [-0.2, -0.15) is 0 Å². The molecule has 0 aromatic heterocycles. The van der Waals surface area contributed by atoms with Crippen LogP contribution in [0.5, 0.6) is 0 Å². The van der Waals surface area contributed by atoms with Gasteiger partial charge < -0.3 is 19.0 Å². The lowest BCUT2D eigenvalue weighted by Gasteiger charge is -2.37. The van der Waals surface area contributed by atoms with Crippen LogP contribution < -0.4 is 0 Å². The summed E-state index contributed by atoms with van der Waals surface area (Å²) in [4.78, 5) is 4.87. The summed E-state index contributed by atoms with van der Waals surface area (Å²) >= 11 is 0. The van der Waals surface area contributed by atoms with Crippen molar-refractivity contribution >= 4 is 5.71 Å². The quantitative estimate of drug-likeness (QED) is 0.691. The molecule has 2 aromatic carbocycles. The second-order valence-electron chi connectivity index (χ2n) is 6.30. The van der Waals surface area contributed by atoms with Gasteiger partial charge in [0.15, 0.2) is 12.5 Å². The second-order valence-corrected chi connectivity index (χ2v) is 6.30. The van der Waals surface area contributed by atoms with E-state index < -0.39 is 24.7 Å². The standard InChI is InChI=1S/C21H24FNO4/c1-15-19(23-24-2)20(25-13-16-9-5-3-6-10-16)18(22)21(27-15)26-14-17-11-7-4-8-12-17/h3-12,15,18,20-21H,13-14H2,1-2H3/t15-,18+,20-,21-/m0/s1. The summed E-state index contributed by atoms with van der Waals surface area (Å²) in [6.45, 7) is 2.29. The maximum atomic E-state index is 15.2. The van der Waals surface area contributed by atoms with Gasteiger partial charge in [-0.1, -0.05) is 65.8 Å².